The highest BCUT2D eigenvalue weighted by Gasteiger charge is 2.19. The smallest absolute Gasteiger partial charge is 0.294 e. The van der Waals surface area contributed by atoms with Gasteiger partial charge in [0, 0.05) is 31.4 Å². The van der Waals surface area contributed by atoms with Gasteiger partial charge in [0.2, 0.25) is 5.82 Å². The fourth-order valence-electron chi connectivity index (χ4n) is 5.14. The van der Waals surface area contributed by atoms with Gasteiger partial charge in [-0.3, -0.25) is 4.79 Å². The number of aromatic nitrogens is 4. The molecule has 1 amide bonds. The first kappa shape index (κ1) is 25.3. The zero-order chi connectivity index (χ0) is 25.6. The SMILES string of the molecule is Cc1cnc(NC(=O)c2nnc(CC3CCCCC3)[nH]2)cc1-c1cc(OCC2CCOCC2)ccc1F. The summed E-state index contributed by atoms with van der Waals surface area (Å²) in [5.74, 6) is 2.02. The van der Waals surface area contributed by atoms with E-state index in [1.807, 2.05) is 6.92 Å². The van der Waals surface area contributed by atoms with Crippen LogP contribution in [0.15, 0.2) is 30.5 Å². The Morgan fingerprint density at radius 2 is 1.89 bits per heavy atom. The second-order valence-corrected chi connectivity index (χ2v) is 10.2. The van der Waals surface area contributed by atoms with Crippen LogP contribution in [-0.4, -0.2) is 45.9 Å². The molecule has 1 aliphatic carbocycles. The molecule has 0 radical (unpaired) electrons. The summed E-state index contributed by atoms with van der Waals surface area (Å²) in [5.41, 5.74) is 1.82. The second kappa shape index (κ2) is 11.8. The van der Waals surface area contributed by atoms with E-state index in [9.17, 15) is 9.18 Å². The van der Waals surface area contributed by atoms with Crippen molar-refractivity contribution in [3.63, 3.8) is 0 Å². The van der Waals surface area contributed by atoms with Gasteiger partial charge in [-0.2, -0.15) is 0 Å². The molecule has 5 rings (SSSR count). The predicted molar refractivity (Wildman–Crippen MR) is 138 cm³/mol. The normalized spacial score (nSPS) is 17.0. The molecule has 1 saturated carbocycles. The molecule has 0 unspecified atom stereocenters. The van der Waals surface area contributed by atoms with E-state index in [-0.39, 0.29) is 11.6 Å². The molecule has 3 aromatic rings. The zero-order valence-electron chi connectivity index (χ0n) is 21.3. The number of aryl methyl sites for hydroxylation is 1. The van der Waals surface area contributed by atoms with Crippen molar-refractivity contribution >= 4 is 11.7 Å². The number of nitrogens with one attached hydrogen (secondary N) is 2. The molecule has 196 valence electrons. The number of benzene rings is 1. The van der Waals surface area contributed by atoms with Gasteiger partial charge in [0.05, 0.1) is 6.61 Å². The summed E-state index contributed by atoms with van der Waals surface area (Å²) in [6.07, 6.45) is 10.5. The summed E-state index contributed by atoms with van der Waals surface area (Å²) >= 11 is 0. The standard InChI is InChI=1S/C28H34FN5O3/c1-18-16-30-25(32-28(35)27-31-26(33-34-27)13-19-5-3-2-4-6-19)15-22(18)23-14-21(7-8-24(23)29)37-17-20-9-11-36-12-10-20/h7-8,14-16,19-20H,2-6,9-13,17H2,1H3,(H,30,32,35)(H,31,33,34). The number of carbonyl (C=O) groups is 1. The van der Waals surface area contributed by atoms with Gasteiger partial charge in [-0.05, 0) is 67.0 Å². The maximum Gasteiger partial charge on any atom is 0.294 e. The minimum absolute atomic E-state index is 0.143. The van der Waals surface area contributed by atoms with Crippen molar-refractivity contribution in [3.8, 4) is 16.9 Å². The Kier molecular flexibility index (Phi) is 8.08. The first-order valence-corrected chi connectivity index (χ1v) is 13.2. The van der Waals surface area contributed by atoms with Crippen LogP contribution in [0.4, 0.5) is 10.2 Å². The van der Waals surface area contributed by atoms with Gasteiger partial charge in [0.25, 0.3) is 5.91 Å². The van der Waals surface area contributed by atoms with Crippen molar-refractivity contribution in [1.29, 1.82) is 0 Å². The molecule has 0 bridgehead atoms. The third-order valence-electron chi connectivity index (χ3n) is 7.35. The molecule has 1 saturated heterocycles. The van der Waals surface area contributed by atoms with E-state index >= 15 is 0 Å². The summed E-state index contributed by atoms with van der Waals surface area (Å²) in [6, 6.07) is 6.44. The van der Waals surface area contributed by atoms with Gasteiger partial charge < -0.3 is 19.8 Å². The first-order chi connectivity index (χ1) is 18.0. The van der Waals surface area contributed by atoms with Crippen LogP contribution in [0.5, 0.6) is 5.75 Å². The molecule has 2 aliphatic rings. The Bertz CT molecular complexity index is 1220. The van der Waals surface area contributed by atoms with Crippen molar-refractivity contribution < 1.29 is 18.7 Å². The van der Waals surface area contributed by atoms with Crippen LogP contribution in [0.3, 0.4) is 0 Å². The number of H-pyrrole nitrogens is 1. The maximum atomic E-state index is 14.9. The molecule has 37 heavy (non-hydrogen) atoms. The van der Waals surface area contributed by atoms with E-state index in [1.54, 1.807) is 24.4 Å². The Hall–Kier alpha value is -3.33. The molecular weight excluding hydrogens is 473 g/mol. The number of nitrogens with zero attached hydrogens (tertiary/aromatic N) is 3. The van der Waals surface area contributed by atoms with Crippen molar-refractivity contribution in [2.24, 2.45) is 11.8 Å². The number of aromatic amines is 1. The minimum Gasteiger partial charge on any atom is -0.493 e. The first-order valence-electron chi connectivity index (χ1n) is 13.2. The predicted octanol–water partition coefficient (Wildman–Crippen LogP) is 5.49. The summed E-state index contributed by atoms with van der Waals surface area (Å²) in [7, 11) is 0. The van der Waals surface area contributed by atoms with Crippen LogP contribution >= 0.6 is 0 Å². The molecule has 1 aliphatic heterocycles. The summed E-state index contributed by atoms with van der Waals surface area (Å²) in [6.45, 7) is 3.94. The third-order valence-corrected chi connectivity index (χ3v) is 7.35. The second-order valence-electron chi connectivity index (χ2n) is 10.2. The zero-order valence-corrected chi connectivity index (χ0v) is 21.3. The molecule has 8 nitrogen and oxygen atoms in total. The minimum atomic E-state index is -0.432. The lowest BCUT2D eigenvalue weighted by Gasteiger charge is -2.22. The number of anilines is 1. The van der Waals surface area contributed by atoms with Crippen LogP contribution < -0.4 is 10.1 Å². The quantitative estimate of drug-likeness (QED) is 0.418. The fraction of sp³-hybridized carbons (Fsp3) is 0.500. The Labute approximate surface area is 216 Å². The maximum absolute atomic E-state index is 14.9. The number of rotatable bonds is 8. The van der Waals surface area contributed by atoms with Crippen molar-refractivity contribution in [3.05, 3.63) is 53.5 Å². The number of carbonyl (C=O) groups excluding carboxylic acids is 1. The van der Waals surface area contributed by atoms with Gasteiger partial charge in [-0.1, -0.05) is 32.1 Å². The van der Waals surface area contributed by atoms with Crippen LogP contribution in [0.1, 0.15) is 67.0 Å². The van der Waals surface area contributed by atoms with E-state index in [2.05, 4.69) is 25.5 Å². The van der Waals surface area contributed by atoms with Crippen molar-refractivity contribution in [2.45, 2.75) is 58.3 Å². The average Bonchev–Trinajstić information content (AvgIpc) is 3.39. The van der Waals surface area contributed by atoms with E-state index < -0.39 is 5.91 Å². The number of hydrogen-bond donors (Lipinski definition) is 2. The lowest BCUT2D eigenvalue weighted by molar-refractivity contribution is 0.0497. The molecule has 0 spiro atoms. The Morgan fingerprint density at radius 1 is 1.08 bits per heavy atom. The van der Waals surface area contributed by atoms with Gasteiger partial charge >= 0.3 is 0 Å². The highest BCUT2D eigenvalue weighted by atomic mass is 19.1. The third kappa shape index (κ3) is 6.52. The molecule has 2 fully saturated rings. The van der Waals surface area contributed by atoms with Gasteiger partial charge in [-0.15, -0.1) is 10.2 Å². The number of amides is 1. The lowest BCUT2D eigenvalue weighted by atomic mass is 9.87. The Balaban J connectivity index is 1.27. The van der Waals surface area contributed by atoms with Crippen molar-refractivity contribution in [2.75, 3.05) is 25.1 Å². The number of ether oxygens (including phenoxy) is 2. The summed E-state index contributed by atoms with van der Waals surface area (Å²) in [4.78, 5) is 20.2. The highest BCUT2D eigenvalue weighted by Crippen LogP contribution is 2.31. The van der Waals surface area contributed by atoms with Crippen molar-refractivity contribution in [1.82, 2.24) is 20.2 Å². The molecule has 0 atom stereocenters. The van der Waals surface area contributed by atoms with Gasteiger partial charge in [0.1, 0.15) is 23.2 Å². The highest BCUT2D eigenvalue weighted by molar-refractivity contribution is 6.01. The van der Waals surface area contributed by atoms with E-state index in [0.29, 0.717) is 41.1 Å². The summed E-state index contributed by atoms with van der Waals surface area (Å²) in [5, 5.41) is 11.0. The fourth-order valence-corrected chi connectivity index (χ4v) is 5.14. The van der Waals surface area contributed by atoms with Crippen LogP contribution in [0, 0.1) is 24.6 Å². The molecule has 9 heteroatoms. The van der Waals surface area contributed by atoms with Gasteiger partial charge in [-0.25, -0.2) is 9.37 Å². The Morgan fingerprint density at radius 3 is 2.70 bits per heavy atom. The molecule has 2 N–H and O–H groups in total. The average molecular weight is 508 g/mol. The molecule has 1 aromatic carbocycles. The number of hydrogen-bond acceptors (Lipinski definition) is 6. The van der Waals surface area contributed by atoms with Gasteiger partial charge in [0.15, 0.2) is 0 Å². The molecule has 3 heterocycles. The monoisotopic (exact) mass is 507 g/mol. The van der Waals surface area contributed by atoms with E-state index in [1.165, 1.54) is 38.2 Å². The van der Waals surface area contributed by atoms with Crippen LogP contribution in [0.25, 0.3) is 11.1 Å². The topological polar surface area (TPSA) is 102 Å². The summed E-state index contributed by atoms with van der Waals surface area (Å²) < 4.78 is 26.3. The molecular formula is C28H34FN5O3. The largest absolute Gasteiger partial charge is 0.493 e. The van der Waals surface area contributed by atoms with E-state index in [4.69, 9.17) is 9.47 Å². The number of halogens is 1. The molecule has 2 aromatic heterocycles. The van der Waals surface area contributed by atoms with Crippen LogP contribution in [0.2, 0.25) is 0 Å². The number of pyridine rings is 1. The lowest BCUT2D eigenvalue weighted by Crippen LogP contribution is -2.21. The van der Waals surface area contributed by atoms with E-state index in [0.717, 1.165) is 43.9 Å². The van der Waals surface area contributed by atoms with Crippen LogP contribution in [-0.2, 0) is 11.2 Å².